The molecule has 1 rings (SSSR count). The van der Waals surface area contributed by atoms with E-state index in [9.17, 15) is 29.1 Å². The fourth-order valence-electron chi connectivity index (χ4n) is 3.09. The van der Waals surface area contributed by atoms with E-state index < -0.39 is 53.8 Å². The van der Waals surface area contributed by atoms with E-state index >= 15 is 0 Å². The summed E-state index contributed by atoms with van der Waals surface area (Å²) >= 11 is 0. The predicted octanol–water partition coefficient (Wildman–Crippen LogP) is -1.70. The number of carbonyl (C=O) groups excluding carboxylic acids is 4. The van der Waals surface area contributed by atoms with Crippen LogP contribution in [0.1, 0.15) is 46.5 Å². The van der Waals surface area contributed by atoms with E-state index in [1.165, 1.54) is 11.8 Å². The zero-order chi connectivity index (χ0) is 22.3. The summed E-state index contributed by atoms with van der Waals surface area (Å²) in [6.45, 7) is 5.34. The van der Waals surface area contributed by atoms with Crippen LogP contribution in [0.25, 0.3) is 0 Å². The molecule has 0 aromatic carbocycles. The van der Waals surface area contributed by atoms with Gasteiger partial charge in [0.25, 0.3) is 0 Å². The number of carboxylic acids is 1. The van der Waals surface area contributed by atoms with Gasteiger partial charge in [-0.1, -0.05) is 13.8 Å². The monoisotopic (exact) mass is 413 g/mol. The summed E-state index contributed by atoms with van der Waals surface area (Å²) in [5, 5.41) is 14.2. The van der Waals surface area contributed by atoms with Crippen molar-refractivity contribution in [2.45, 2.75) is 70.6 Å². The highest BCUT2D eigenvalue weighted by molar-refractivity contribution is 5.94. The van der Waals surface area contributed by atoms with Gasteiger partial charge in [-0.05, 0) is 32.1 Å². The number of primary amides is 1. The molecule has 11 heteroatoms. The first-order valence-corrected chi connectivity index (χ1v) is 9.63. The highest BCUT2D eigenvalue weighted by atomic mass is 16.4. The quantitative estimate of drug-likeness (QED) is 0.282. The van der Waals surface area contributed by atoms with Crippen molar-refractivity contribution in [2.75, 3.05) is 6.54 Å². The number of hydrogen-bond donors (Lipinski definition) is 5. The molecule has 0 bridgehead atoms. The zero-order valence-electron chi connectivity index (χ0n) is 17.0. The van der Waals surface area contributed by atoms with Crippen LogP contribution >= 0.6 is 0 Å². The molecule has 7 N–H and O–H groups in total. The van der Waals surface area contributed by atoms with Gasteiger partial charge in [0.1, 0.15) is 18.1 Å². The van der Waals surface area contributed by atoms with Gasteiger partial charge in [-0.2, -0.15) is 0 Å². The summed E-state index contributed by atoms with van der Waals surface area (Å²) in [5.74, 6) is -3.72. The van der Waals surface area contributed by atoms with Crippen molar-refractivity contribution in [3.05, 3.63) is 0 Å². The SMILES string of the molecule is CC(N)C(=O)NC(C(=O)N1CCCC1C(=O)NC(CCC(N)=O)C(=O)O)C(C)C. The van der Waals surface area contributed by atoms with E-state index in [2.05, 4.69) is 10.6 Å². The van der Waals surface area contributed by atoms with E-state index in [0.29, 0.717) is 19.4 Å². The molecule has 29 heavy (non-hydrogen) atoms. The Balaban J connectivity index is 2.89. The Labute approximate surface area is 169 Å². The molecule has 1 aliphatic heterocycles. The van der Waals surface area contributed by atoms with Gasteiger partial charge in [0.05, 0.1) is 6.04 Å². The van der Waals surface area contributed by atoms with Crippen LogP contribution in [0.5, 0.6) is 0 Å². The number of nitrogens with zero attached hydrogens (tertiary/aromatic N) is 1. The molecule has 4 amide bonds. The molecule has 0 radical (unpaired) electrons. The molecule has 1 heterocycles. The topological polar surface area (TPSA) is 185 Å². The van der Waals surface area contributed by atoms with Crippen molar-refractivity contribution in [3.63, 3.8) is 0 Å². The van der Waals surface area contributed by atoms with Gasteiger partial charge in [0.15, 0.2) is 0 Å². The average molecular weight is 413 g/mol. The van der Waals surface area contributed by atoms with E-state index in [-0.39, 0.29) is 18.8 Å². The minimum atomic E-state index is -1.29. The van der Waals surface area contributed by atoms with E-state index in [1.807, 2.05) is 0 Å². The summed E-state index contributed by atoms with van der Waals surface area (Å²) in [7, 11) is 0. The number of hydrogen-bond acceptors (Lipinski definition) is 6. The Morgan fingerprint density at radius 2 is 1.76 bits per heavy atom. The van der Waals surface area contributed by atoms with E-state index in [1.54, 1.807) is 13.8 Å². The normalized spacial score (nSPS) is 19.3. The van der Waals surface area contributed by atoms with Crippen LogP contribution in [0.3, 0.4) is 0 Å². The van der Waals surface area contributed by atoms with Crippen LogP contribution < -0.4 is 22.1 Å². The van der Waals surface area contributed by atoms with E-state index in [4.69, 9.17) is 11.5 Å². The molecule has 0 spiro atoms. The van der Waals surface area contributed by atoms with Gasteiger partial charge in [0, 0.05) is 13.0 Å². The molecule has 11 nitrogen and oxygen atoms in total. The molecule has 164 valence electrons. The van der Waals surface area contributed by atoms with Crippen LogP contribution in [0.2, 0.25) is 0 Å². The summed E-state index contributed by atoms with van der Waals surface area (Å²) in [4.78, 5) is 61.2. The van der Waals surface area contributed by atoms with Crippen molar-refractivity contribution in [3.8, 4) is 0 Å². The summed E-state index contributed by atoms with van der Waals surface area (Å²) in [6.07, 6.45) is 0.597. The Bertz CT molecular complexity index is 651. The van der Waals surface area contributed by atoms with Gasteiger partial charge in [-0.15, -0.1) is 0 Å². The molecule has 0 aliphatic carbocycles. The second-order valence-corrected chi connectivity index (χ2v) is 7.61. The number of carboxylic acid groups (broad SMARTS) is 1. The largest absolute Gasteiger partial charge is 0.480 e. The average Bonchev–Trinajstić information content (AvgIpc) is 3.11. The maximum atomic E-state index is 13.0. The maximum Gasteiger partial charge on any atom is 0.326 e. The van der Waals surface area contributed by atoms with Crippen molar-refractivity contribution >= 4 is 29.6 Å². The van der Waals surface area contributed by atoms with Crippen LogP contribution in [0.4, 0.5) is 0 Å². The van der Waals surface area contributed by atoms with Crippen molar-refractivity contribution in [2.24, 2.45) is 17.4 Å². The van der Waals surface area contributed by atoms with Crippen LogP contribution in [-0.2, 0) is 24.0 Å². The highest BCUT2D eigenvalue weighted by Gasteiger charge is 2.39. The summed E-state index contributed by atoms with van der Waals surface area (Å²) < 4.78 is 0. The lowest BCUT2D eigenvalue weighted by atomic mass is 10.0. The Hall–Kier alpha value is -2.69. The number of carbonyl (C=O) groups is 5. The third kappa shape index (κ3) is 7.00. The Kier molecular flexibility index (Phi) is 9.02. The standard InChI is InChI=1S/C18H31N5O6/c1-9(2)14(22-15(25)10(3)19)17(27)23-8-4-5-12(23)16(26)21-11(18(28)29)6-7-13(20)24/h9-12,14H,4-8,19H2,1-3H3,(H2,20,24)(H,21,26)(H,22,25)(H,28,29). The van der Waals surface area contributed by atoms with E-state index in [0.717, 1.165) is 0 Å². The summed E-state index contributed by atoms with van der Waals surface area (Å²) in [6, 6.07) is -3.78. The molecule has 1 fully saturated rings. The third-order valence-electron chi connectivity index (χ3n) is 4.78. The lowest BCUT2D eigenvalue weighted by Crippen LogP contribution is -2.57. The molecular formula is C18H31N5O6. The molecule has 0 aromatic heterocycles. The minimum Gasteiger partial charge on any atom is -0.480 e. The Morgan fingerprint density at radius 3 is 2.24 bits per heavy atom. The van der Waals surface area contributed by atoms with Gasteiger partial charge in [-0.3, -0.25) is 19.2 Å². The first-order valence-electron chi connectivity index (χ1n) is 9.63. The highest BCUT2D eigenvalue weighted by Crippen LogP contribution is 2.21. The molecule has 1 saturated heterocycles. The lowest BCUT2D eigenvalue weighted by Gasteiger charge is -2.31. The zero-order valence-corrected chi connectivity index (χ0v) is 17.0. The third-order valence-corrected chi connectivity index (χ3v) is 4.78. The second-order valence-electron chi connectivity index (χ2n) is 7.61. The Morgan fingerprint density at radius 1 is 1.14 bits per heavy atom. The molecule has 0 saturated carbocycles. The fourth-order valence-corrected chi connectivity index (χ4v) is 3.09. The molecular weight excluding hydrogens is 382 g/mol. The van der Waals surface area contributed by atoms with Crippen molar-refractivity contribution < 1.29 is 29.1 Å². The van der Waals surface area contributed by atoms with Crippen molar-refractivity contribution in [1.82, 2.24) is 15.5 Å². The van der Waals surface area contributed by atoms with Crippen LogP contribution in [-0.4, -0.2) is 70.3 Å². The number of nitrogens with one attached hydrogen (secondary N) is 2. The van der Waals surface area contributed by atoms with Gasteiger partial charge >= 0.3 is 5.97 Å². The smallest absolute Gasteiger partial charge is 0.326 e. The van der Waals surface area contributed by atoms with Crippen LogP contribution in [0, 0.1) is 5.92 Å². The number of likely N-dealkylation sites (tertiary alicyclic amines) is 1. The maximum absolute atomic E-state index is 13.0. The summed E-state index contributed by atoms with van der Waals surface area (Å²) in [5.41, 5.74) is 10.6. The first kappa shape index (κ1) is 24.3. The first-order chi connectivity index (χ1) is 13.5. The number of amides is 4. The fraction of sp³-hybridized carbons (Fsp3) is 0.722. The minimum absolute atomic E-state index is 0.143. The molecule has 1 aliphatic rings. The number of rotatable bonds is 10. The van der Waals surface area contributed by atoms with Gasteiger partial charge in [0.2, 0.25) is 23.6 Å². The molecule has 0 aromatic rings. The van der Waals surface area contributed by atoms with Crippen molar-refractivity contribution in [1.29, 1.82) is 0 Å². The van der Waals surface area contributed by atoms with Gasteiger partial charge < -0.3 is 32.1 Å². The number of nitrogens with two attached hydrogens (primary N) is 2. The number of aliphatic carboxylic acids is 1. The molecule has 4 unspecified atom stereocenters. The predicted molar refractivity (Wildman–Crippen MR) is 103 cm³/mol. The molecule has 4 atom stereocenters. The second kappa shape index (κ2) is 10.7. The van der Waals surface area contributed by atoms with Gasteiger partial charge in [-0.25, -0.2) is 4.79 Å². The lowest BCUT2D eigenvalue weighted by molar-refractivity contribution is -0.145. The van der Waals surface area contributed by atoms with Crippen LogP contribution in [0.15, 0.2) is 0 Å².